The van der Waals surface area contributed by atoms with Gasteiger partial charge in [0.05, 0.1) is 11.8 Å². The Morgan fingerprint density at radius 3 is 2.67 bits per heavy atom. The number of halogens is 2. The molecule has 1 amide bonds. The number of rotatable bonds is 3. The molecule has 1 aromatic carbocycles. The fourth-order valence-electron chi connectivity index (χ4n) is 1.42. The Hall–Kier alpha value is -1.75. The molecule has 0 aliphatic carbocycles. The summed E-state index contributed by atoms with van der Waals surface area (Å²) in [6, 6.07) is 8.74. The van der Waals surface area contributed by atoms with E-state index >= 15 is 0 Å². The van der Waals surface area contributed by atoms with Crippen LogP contribution in [-0.4, -0.2) is 10.9 Å². The van der Waals surface area contributed by atoms with E-state index in [4.69, 9.17) is 0 Å². The average molecular weight is 309 g/mol. The number of nitrogens with zero attached hydrogens (tertiary/aromatic N) is 1. The molecule has 18 heavy (non-hydrogen) atoms. The predicted octanol–water partition coefficient (Wildman–Crippen LogP) is 2.91. The van der Waals surface area contributed by atoms with Gasteiger partial charge in [0.2, 0.25) is 0 Å². The molecule has 0 aliphatic rings. The Balaban J connectivity index is 1.98. The van der Waals surface area contributed by atoms with Gasteiger partial charge in [0.25, 0.3) is 5.91 Å². The SMILES string of the molecule is O=C(NCc1ccc(Br)cc1)c1cncc(F)c1. The number of benzene rings is 1. The second kappa shape index (κ2) is 5.73. The van der Waals surface area contributed by atoms with E-state index < -0.39 is 5.82 Å². The van der Waals surface area contributed by atoms with Crippen LogP contribution in [0.15, 0.2) is 47.2 Å². The van der Waals surface area contributed by atoms with Crippen molar-refractivity contribution in [2.24, 2.45) is 0 Å². The third-order valence-electron chi connectivity index (χ3n) is 2.33. The van der Waals surface area contributed by atoms with E-state index in [-0.39, 0.29) is 11.5 Å². The summed E-state index contributed by atoms with van der Waals surface area (Å²) in [5, 5.41) is 2.70. The van der Waals surface area contributed by atoms with Crippen molar-refractivity contribution < 1.29 is 9.18 Å². The van der Waals surface area contributed by atoms with Gasteiger partial charge in [0, 0.05) is 17.2 Å². The molecular weight excluding hydrogens is 299 g/mol. The lowest BCUT2D eigenvalue weighted by atomic mass is 10.2. The van der Waals surface area contributed by atoms with E-state index in [9.17, 15) is 9.18 Å². The van der Waals surface area contributed by atoms with Gasteiger partial charge in [-0.3, -0.25) is 9.78 Å². The van der Waals surface area contributed by atoms with Gasteiger partial charge in [-0.2, -0.15) is 0 Å². The standard InChI is InChI=1S/C13H10BrFN2O/c14-11-3-1-9(2-4-11)6-17-13(18)10-5-12(15)8-16-7-10/h1-5,7-8H,6H2,(H,17,18). The van der Waals surface area contributed by atoms with Crippen molar-refractivity contribution in [2.45, 2.75) is 6.54 Å². The highest BCUT2D eigenvalue weighted by Crippen LogP contribution is 2.10. The first-order chi connectivity index (χ1) is 8.65. The highest BCUT2D eigenvalue weighted by molar-refractivity contribution is 9.10. The minimum atomic E-state index is -0.522. The fourth-order valence-corrected chi connectivity index (χ4v) is 1.69. The third kappa shape index (κ3) is 3.37. The van der Waals surface area contributed by atoms with Crippen LogP contribution in [0.2, 0.25) is 0 Å². The average Bonchev–Trinajstić information content (AvgIpc) is 2.38. The van der Waals surface area contributed by atoms with Gasteiger partial charge in [-0.25, -0.2) is 4.39 Å². The molecule has 1 N–H and O–H groups in total. The first-order valence-corrected chi connectivity index (χ1v) is 6.07. The summed E-state index contributed by atoms with van der Waals surface area (Å²) in [6.07, 6.45) is 2.39. The van der Waals surface area contributed by atoms with Gasteiger partial charge >= 0.3 is 0 Å². The largest absolute Gasteiger partial charge is 0.348 e. The zero-order valence-electron chi connectivity index (χ0n) is 9.36. The molecule has 3 nitrogen and oxygen atoms in total. The minimum Gasteiger partial charge on any atom is -0.348 e. The molecule has 0 saturated heterocycles. The molecule has 1 heterocycles. The van der Waals surface area contributed by atoms with Gasteiger partial charge in [-0.15, -0.1) is 0 Å². The molecular formula is C13H10BrFN2O. The molecule has 0 fully saturated rings. The maximum Gasteiger partial charge on any atom is 0.253 e. The molecule has 92 valence electrons. The molecule has 1 aromatic heterocycles. The van der Waals surface area contributed by atoms with Crippen LogP contribution < -0.4 is 5.32 Å². The van der Waals surface area contributed by atoms with Crippen molar-refractivity contribution in [3.05, 3.63) is 64.1 Å². The van der Waals surface area contributed by atoms with E-state index in [1.807, 2.05) is 24.3 Å². The second-order valence-electron chi connectivity index (χ2n) is 3.70. The number of nitrogens with one attached hydrogen (secondary N) is 1. The molecule has 0 spiro atoms. The fraction of sp³-hybridized carbons (Fsp3) is 0.0769. The Kier molecular flexibility index (Phi) is 4.04. The maximum atomic E-state index is 12.9. The van der Waals surface area contributed by atoms with Gasteiger partial charge in [-0.05, 0) is 23.8 Å². The molecule has 2 aromatic rings. The van der Waals surface area contributed by atoms with E-state index in [2.05, 4.69) is 26.2 Å². The van der Waals surface area contributed by atoms with Crippen molar-refractivity contribution in [2.75, 3.05) is 0 Å². The van der Waals surface area contributed by atoms with Crippen LogP contribution >= 0.6 is 15.9 Å². The van der Waals surface area contributed by atoms with Crippen molar-refractivity contribution in [1.29, 1.82) is 0 Å². The number of aromatic nitrogens is 1. The molecule has 0 atom stereocenters. The number of carbonyl (C=O) groups is 1. The van der Waals surface area contributed by atoms with E-state index in [1.165, 1.54) is 6.20 Å². The number of amides is 1. The molecule has 0 unspecified atom stereocenters. The summed E-state index contributed by atoms with van der Waals surface area (Å²) in [5.74, 6) is -0.865. The van der Waals surface area contributed by atoms with Crippen LogP contribution in [0.1, 0.15) is 15.9 Å². The lowest BCUT2D eigenvalue weighted by Gasteiger charge is -2.05. The Labute approximate surface area is 112 Å². The van der Waals surface area contributed by atoms with E-state index in [1.54, 1.807) is 0 Å². The van der Waals surface area contributed by atoms with Crippen LogP contribution in [0.4, 0.5) is 4.39 Å². The number of hydrogen-bond acceptors (Lipinski definition) is 2. The van der Waals surface area contributed by atoms with Crippen molar-refractivity contribution >= 4 is 21.8 Å². The topological polar surface area (TPSA) is 42.0 Å². The highest BCUT2D eigenvalue weighted by Gasteiger charge is 2.06. The third-order valence-corrected chi connectivity index (χ3v) is 2.86. The van der Waals surface area contributed by atoms with Gasteiger partial charge < -0.3 is 5.32 Å². The predicted molar refractivity (Wildman–Crippen MR) is 69.5 cm³/mol. The normalized spacial score (nSPS) is 10.1. The van der Waals surface area contributed by atoms with E-state index in [0.717, 1.165) is 22.3 Å². The second-order valence-corrected chi connectivity index (χ2v) is 4.62. The quantitative estimate of drug-likeness (QED) is 0.947. The van der Waals surface area contributed by atoms with Gasteiger partial charge in [-0.1, -0.05) is 28.1 Å². The lowest BCUT2D eigenvalue weighted by Crippen LogP contribution is -2.23. The Morgan fingerprint density at radius 2 is 2.00 bits per heavy atom. The minimum absolute atomic E-state index is 0.215. The molecule has 2 rings (SSSR count). The summed E-state index contributed by atoms with van der Waals surface area (Å²) < 4.78 is 13.9. The van der Waals surface area contributed by atoms with Crippen LogP contribution in [0, 0.1) is 5.82 Å². The molecule has 0 aliphatic heterocycles. The van der Waals surface area contributed by atoms with Gasteiger partial charge in [0.15, 0.2) is 0 Å². The number of pyridine rings is 1. The summed E-state index contributed by atoms with van der Waals surface area (Å²) in [5.41, 5.74) is 1.18. The van der Waals surface area contributed by atoms with E-state index in [0.29, 0.717) is 6.54 Å². The maximum absolute atomic E-state index is 12.9. The molecule has 0 saturated carbocycles. The number of hydrogen-bond donors (Lipinski definition) is 1. The Morgan fingerprint density at radius 1 is 1.28 bits per heavy atom. The van der Waals surface area contributed by atoms with Crippen molar-refractivity contribution in [3.63, 3.8) is 0 Å². The summed E-state index contributed by atoms with van der Waals surface area (Å²) in [7, 11) is 0. The zero-order chi connectivity index (χ0) is 13.0. The molecule has 5 heteroatoms. The smallest absolute Gasteiger partial charge is 0.253 e. The zero-order valence-corrected chi connectivity index (χ0v) is 10.9. The molecule has 0 bridgehead atoms. The summed E-state index contributed by atoms with van der Waals surface area (Å²) in [6.45, 7) is 0.391. The van der Waals surface area contributed by atoms with Crippen LogP contribution in [0.5, 0.6) is 0 Å². The number of carbonyl (C=O) groups excluding carboxylic acids is 1. The van der Waals surface area contributed by atoms with Crippen LogP contribution in [-0.2, 0) is 6.54 Å². The van der Waals surface area contributed by atoms with Gasteiger partial charge in [0.1, 0.15) is 5.82 Å². The highest BCUT2D eigenvalue weighted by atomic mass is 79.9. The summed E-state index contributed by atoms with van der Waals surface area (Å²) >= 11 is 3.33. The first-order valence-electron chi connectivity index (χ1n) is 5.28. The summed E-state index contributed by atoms with van der Waals surface area (Å²) in [4.78, 5) is 15.3. The van der Waals surface area contributed by atoms with Crippen molar-refractivity contribution in [3.8, 4) is 0 Å². The molecule has 0 radical (unpaired) electrons. The van der Waals surface area contributed by atoms with Crippen LogP contribution in [0.25, 0.3) is 0 Å². The van der Waals surface area contributed by atoms with Crippen molar-refractivity contribution in [1.82, 2.24) is 10.3 Å². The van der Waals surface area contributed by atoms with Crippen LogP contribution in [0.3, 0.4) is 0 Å². The lowest BCUT2D eigenvalue weighted by molar-refractivity contribution is 0.0950. The Bertz CT molecular complexity index is 557. The monoisotopic (exact) mass is 308 g/mol. The first kappa shape index (κ1) is 12.7.